The van der Waals surface area contributed by atoms with Gasteiger partial charge in [0.15, 0.2) is 0 Å². The van der Waals surface area contributed by atoms with Gasteiger partial charge in [0.05, 0.1) is 9.79 Å². The molecule has 112 valence electrons. The van der Waals surface area contributed by atoms with Crippen LogP contribution in [0.2, 0.25) is 0 Å². The van der Waals surface area contributed by atoms with E-state index in [2.05, 4.69) is 4.72 Å². The minimum atomic E-state index is -4.92. The lowest BCUT2D eigenvalue weighted by atomic mass is 10.1. The number of halogens is 1. The summed E-state index contributed by atoms with van der Waals surface area (Å²) in [6.07, 6.45) is 2.65. The van der Waals surface area contributed by atoms with E-state index in [-0.39, 0.29) is 16.9 Å². The van der Waals surface area contributed by atoms with Crippen molar-refractivity contribution in [3.8, 4) is 0 Å². The van der Waals surface area contributed by atoms with Crippen LogP contribution >= 0.6 is 0 Å². The van der Waals surface area contributed by atoms with Crippen molar-refractivity contribution in [2.45, 2.75) is 42.0 Å². The quantitative estimate of drug-likeness (QED) is 0.858. The number of hydrogen-bond donors (Lipinski definition) is 1. The average Bonchev–Trinajstić information content (AvgIpc) is 2.73. The van der Waals surface area contributed by atoms with Crippen LogP contribution in [0, 0.1) is 5.92 Å². The maximum atomic E-state index is 12.9. The van der Waals surface area contributed by atoms with E-state index < -0.39 is 25.1 Å². The molecule has 1 aliphatic carbocycles. The van der Waals surface area contributed by atoms with Crippen LogP contribution < -0.4 is 4.72 Å². The van der Waals surface area contributed by atoms with Gasteiger partial charge in [0.2, 0.25) is 10.0 Å². The lowest BCUT2D eigenvalue weighted by molar-refractivity contribution is 0.476. The summed E-state index contributed by atoms with van der Waals surface area (Å²) in [5, 5.41) is 0. The Morgan fingerprint density at radius 1 is 1.15 bits per heavy atom. The van der Waals surface area contributed by atoms with Crippen molar-refractivity contribution in [2.75, 3.05) is 0 Å². The molecular weight excluding hydrogens is 305 g/mol. The third kappa shape index (κ3) is 3.36. The zero-order valence-electron chi connectivity index (χ0n) is 10.9. The van der Waals surface area contributed by atoms with Gasteiger partial charge in [0.25, 0.3) is 0 Å². The Balaban J connectivity index is 2.30. The van der Waals surface area contributed by atoms with Crippen LogP contribution in [-0.4, -0.2) is 22.9 Å². The maximum absolute atomic E-state index is 12.9. The highest BCUT2D eigenvalue weighted by atomic mass is 32.3. The molecular formula is C12H16FNO4S2. The van der Waals surface area contributed by atoms with Crippen molar-refractivity contribution in [2.24, 2.45) is 5.92 Å². The predicted octanol–water partition coefficient (Wildman–Crippen LogP) is 1.81. The van der Waals surface area contributed by atoms with E-state index >= 15 is 0 Å². The fourth-order valence-electron chi connectivity index (χ4n) is 2.38. The summed E-state index contributed by atoms with van der Waals surface area (Å²) in [4.78, 5) is -0.893. The molecule has 1 N–H and O–H groups in total. The Morgan fingerprint density at radius 3 is 2.35 bits per heavy atom. The third-order valence-corrected chi connectivity index (χ3v) is 5.87. The Labute approximate surface area is 118 Å². The number of nitrogens with one attached hydrogen (secondary N) is 1. The van der Waals surface area contributed by atoms with Crippen molar-refractivity contribution in [1.29, 1.82) is 0 Å². The van der Waals surface area contributed by atoms with Crippen LogP contribution in [0.15, 0.2) is 34.1 Å². The van der Waals surface area contributed by atoms with Crippen molar-refractivity contribution >= 4 is 20.2 Å². The Morgan fingerprint density at radius 2 is 1.80 bits per heavy atom. The molecule has 2 unspecified atom stereocenters. The lowest BCUT2D eigenvalue weighted by Gasteiger charge is -2.17. The number of sulfonamides is 1. The summed E-state index contributed by atoms with van der Waals surface area (Å²) < 4.78 is 61.5. The zero-order valence-corrected chi connectivity index (χ0v) is 12.5. The minimum Gasteiger partial charge on any atom is -0.208 e. The highest BCUT2D eigenvalue weighted by molar-refractivity contribution is 7.89. The first kappa shape index (κ1) is 15.4. The van der Waals surface area contributed by atoms with Gasteiger partial charge in [0.1, 0.15) is 0 Å². The molecule has 8 heteroatoms. The molecule has 1 saturated carbocycles. The van der Waals surface area contributed by atoms with Gasteiger partial charge in [-0.05, 0) is 37.0 Å². The van der Waals surface area contributed by atoms with E-state index in [4.69, 9.17) is 0 Å². The second-order valence-corrected chi connectivity index (χ2v) is 8.11. The molecule has 2 atom stereocenters. The monoisotopic (exact) mass is 321 g/mol. The van der Waals surface area contributed by atoms with Crippen LogP contribution in [0.3, 0.4) is 0 Å². The first-order chi connectivity index (χ1) is 9.20. The maximum Gasteiger partial charge on any atom is 0.332 e. The lowest BCUT2D eigenvalue weighted by Crippen LogP contribution is -2.36. The summed E-state index contributed by atoms with van der Waals surface area (Å²) in [7, 11) is -8.76. The standard InChI is InChI=1S/C12H16FNO4S2/c1-9-4-2-7-12(9)14-20(17,18)11-6-3-5-10(8-11)19(13,15)16/h3,5-6,8-9,12,14H,2,4,7H2,1H3. The van der Waals surface area contributed by atoms with E-state index in [1.54, 1.807) is 0 Å². The smallest absolute Gasteiger partial charge is 0.208 e. The van der Waals surface area contributed by atoms with Crippen molar-refractivity contribution in [3.63, 3.8) is 0 Å². The molecule has 1 aliphatic rings. The van der Waals surface area contributed by atoms with Crippen LogP contribution in [0.25, 0.3) is 0 Å². The highest BCUT2D eigenvalue weighted by Gasteiger charge is 2.28. The van der Waals surface area contributed by atoms with Crippen LogP contribution in [0.1, 0.15) is 26.2 Å². The second kappa shape index (κ2) is 5.42. The van der Waals surface area contributed by atoms with Gasteiger partial charge >= 0.3 is 10.2 Å². The second-order valence-electron chi connectivity index (χ2n) is 5.05. The molecule has 0 aliphatic heterocycles. The summed E-state index contributed by atoms with van der Waals surface area (Å²) in [5.74, 6) is 0.234. The Hall–Kier alpha value is -0.990. The van der Waals surface area contributed by atoms with E-state index in [1.165, 1.54) is 12.1 Å². The average molecular weight is 321 g/mol. The molecule has 0 radical (unpaired) electrons. The molecule has 2 rings (SSSR count). The summed E-state index contributed by atoms with van der Waals surface area (Å²) in [6.45, 7) is 1.96. The van der Waals surface area contributed by atoms with Crippen molar-refractivity contribution in [3.05, 3.63) is 24.3 Å². The van der Waals surface area contributed by atoms with Crippen molar-refractivity contribution in [1.82, 2.24) is 4.72 Å². The normalized spacial score (nSPS) is 23.9. The Bertz CT molecular complexity index is 700. The highest BCUT2D eigenvalue weighted by Crippen LogP contribution is 2.26. The molecule has 0 spiro atoms. The van der Waals surface area contributed by atoms with Crippen molar-refractivity contribution < 1.29 is 20.7 Å². The number of hydrogen-bond acceptors (Lipinski definition) is 4. The fraction of sp³-hybridized carbons (Fsp3) is 0.500. The summed E-state index contributed by atoms with van der Waals surface area (Å²) in [5.41, 5.74) is 0. The van der Waals surface area contributed by atoms with Crippen LogP contribution in [-0.2, 0) is 20.2 Å². The molecule has 1 fully saturated rings. The third-order valence-electron chi connectivity index (χ3n) is 3.57. The molecule has 0 amide bonds. The molecule has 0 heterocycles. The van der Waals surface area contributed by atoms with E-state index in [1.807, 2.05) is 6.92 Å². The molecule has 0 saturated heterocycles. The summed E-state index contributed by atoms with van der Waals surface area (Å²) in [6, 6.07) is 4.14. The van der Waals surface area contributed by atoms with Gasteiger partial charge < -0.3 is 0 Å². The van der Waals surface area contributed by atoms with Gasteiger partial charge in [-0.3, -0.25) is 0 Å². The molecule has 0 aromatic heterocycles. The van der Waals surface area contributed by atoms with Crippen LogP contribution in [0.5, 0.6) is 0 Å². The number of benzene rings is 1. The first-order valence-corrected chi connectivity index (χ1v) is 9.14. The summed E-state index contributed by atoms with van der Waals surface area (Å²) >= 11 is 0. The zero-order chi connectivity index (χ0) is 15.0. The topological polar surface area (TPSA) is 80.3 Å². The predicted molar refractivity (Wildman–Crippen MR) is 71.9 cm³/mol. The van der Waals surface area contributed by atoms with Gasteiger partial charge in [-0.2, -0.15) is 8.42 Å². The molecule has 20 heavy (non-hydrogen) atoms. The molecule has 0 bridgehead atoms. The van der Waals surface area contributed by atoms with E-state index in [9.17, 15) is 20.7 Å². The van der Waals surface area contributed by atoms with Gasteiger partial charge in [-0.25, -0.2) is 13.1 Å². The number of rotatable bonds is 4. The minimum absolute atomic E-state index is 0.161. The van der Waals surface area contributed by atoms with Gasteiger partial charge in [-0.15, -0.1) is 3.89 Å². The van der Waals surface area contributed by atoms with E-state index in [0.717, 1.165) is 31.4 Å². The first-order valence-electron chi connectivity index (χ1n) is 6.27. The van der Waals surface area contributed by atoms with Gasteiger partial charge in [0, 0.05) is 6.04 Å². The molecule has 1 aromatic carbocycles. The SMILES string of the molecule is CC1CCCC1NS(=O)(=O)c1cccc(S(=O)(=O)F)c1. The van der Waals surface area contributed by atoms with E-state index in [0.29, 0.717) is 0 Å². The largest absolute Gasteiger partial charge is 0.332 e. The van der Waals surface area contributed by atoms with Crippen LogP contribution in [0.4, 0.5) is 3.89 Å². The molecule has 5 nitrogen and oxygen atoms in total. The fourth-order valence-corrected chi connectivity index (χ4v) is 4.39. The van der Waals surface area contributed by atoms with Gasteiger partial charge in [-0.1, -0.05) is 19.4 Å². The molecule has 1 aromatic rings. The Kier molecular flexibility index (Phi) is 4.17.